The number of aromatic nitrogens is 3. The number of benzene rings is 1. The molecule has 0 saturated carbocycles. The number of ether oxygens (including phenoxy) is 3. The standard InChI is InChI=1S/C28H36N6O9/c1-28(2,3)22(30-27(39)40)16-42-13-12-41-11-9-33-17(15-29-32-33)8-10-43-18-4-5-19-20(14-18)26(38)34(25(19)37)21-6-7-23(35)31-24(21)36/h4-5,14-15,21-22,30H,6-13,16H2,1-3H3,(H,39,40)(H,31,35,36). The molecule has 1 aromatic heterocycles. The van der Waals surface area contributed by atoms with Gasteiger partial charge in [0.2, 0.25) is 11.8 Å². The summed E-state index contributed by atoms with van der Waals surface area (Å²) in [5.74, 6) is -1.88. The first-order valence-corrected chi connectivity index (χ1v) is 14.0. The molecule has 2 atom stereocenters. The first kappa shape index (κ1) is 31.6. The zero-order chi connectivity index (χ0) is 31.1. The van der Waals surface area contributed by atoms with Gasteiger partial charge in [-0.3, -0.25) is 29.4 Å². The summed E-state index contributed by atoms with van der Waals surface area (Å²) in [5, 5.41) is 21.7. The topological polar surface area (TPSA) is 191 Å². The molecule has 15 heteroatoms. The third-order valence-electron chi connectivity index (χ3n) is 7.18. The van der Waals surface area contributed by atoms with E-state index in [9.17, 15) is 24.0 Å². The van der Waals surface area contributed by atoms with Crippen LogP contribution in [0.5, 0.6) is 5.75 Å². The molecule has 0 spiro atoms. The Balaban J connectivity index is 1.20. The fraction of sp³-hybridized carbons (Fsp3) is 0.536. The lowest BCUT2D eigenvalue weighted by molar-refractivity contribution is -0.136. The van der Waals surface area contributed by atoms with Gasteiger partial charge < -0.3 is 24.6 Å². The molecule has 0 radical (unpaired) electrons. The SMILES string of the molecule is CC(C)(C)C(COCCOCCn1nncc1CCOc1ccc2c(c1)C(=O)N(C1CCC(=O)NC1=O)C2=O)NC(=O)O. The summed E-state index contributed by atoms with van der Waals surface area (Å²) in [7, 11) is 0. The van der Waals surface area contributed by atoms with Crippen molar-refractivity contribution in [3.05, 3.63) is 41.2 Å². The van der Waals surface area contributed by atoms with Gasteiger partial charge in [-0.2, -0.15) is 0 Å². The van der Waals surface area contributed by atoms with Gasteiger partial charge in [-0.15, -0.1) is 5.10 Å². The van der Waals surface area contributed by atoms with Gasteiger partial charge in [-0.05, 0) is 30.0 Å². The molecule has 2 aliphatic heterocycles. The van der Waals surface area contributed by atoms with E-state index in [1.54, 1.807) is 16.9 Å². The largest absolute Gasteiger partial charge is 0.493 e. The molecule has 0 aliphatic carbocycles. The van der Waals surface area contributed by atoms with E-state index in [1.165, 1.54) is 12.1 Å². The molecular weight excluding hydrogens is 564 g/mol. The Hall–Kier alpha value is -4.37. The monoisotopic (exact) mass is 600 g/mol. The van der Waals surface area contributed by atoms with E-state index in [1.807, 2.05) is 20.8 Å². The summed E-state index contributed by atoms with van der Waals surface area (Å²) >= 11 is 0. The number of hydrogen-bond donors (Lipinski definition) is 3. The molecule has 2 aromatic rings. The molecule has 232 valence electrons. The normalized spacial score (nSPS) is 17.6. The lowest BCUT2D eigenvalue weighted by Gasteiger charge is -2.30. The second kappa shape index (κ2) is 13.7. The number of carbonyl (C=O) groups excluding carboxylic acids is 4. The number of amides is 5. The van der Waals surface area contributed by atoms with Crippen LogP contribution in [-0.2, 0) is 32.0 Å². The van der Waals surface area contributed by atoms with Gasteiger partial charge in [-0.25, -0.2) is 9.48 Å². The molecule has 3 N–H and O–H groups in total. The maximum absolute atomic E-state index is 13.0. The smallest absolute Gasteiger partial charge is 0.404 e. The molecule has 15 nitrogen and oxygen atoms in total. The van der Waals surface area contributed by atoms with Crippen LogP contribution in [0.2, 0.25) is 0 Å². The zero-order valence-corrected chi connectivity index (χ0v) is 24.3. The van der Waals surface area contributed by atoms with Crippen molar-refractivity contribution in [1.82, 2.24) is 30.5 Å². The van der Waals surface area contributed by atoms with Crippen LogP contribution in [0, 0.1) is 5.41 Å². The highest BCUT2D eigenvalue weighted by Gasteiger charge is 2.44. The predicted molar refractivity (Wildman–Crippen MR) is 148 cm³/mol. The second-order valence-electron chi connectivity index (χ2n) is 11.3. The van der Waals surface area contributed by atoms with E-state index in [0.29, 0.717) is 38.5 Å². The molecule has 0 bridgehead atoms. The van der Waals surface area contributed by atoms with E-state index in [4.69, 9.17) is 19.3 Å². The average molecular weight is 601 g/mol. The number of fused-ring (bicyclic) bond motifs is 1. The third kappa shape index (κ3) is 7.93. The van der Waals surface area contributed by atoms with Crippen LogP contribution >= 0.6 is 0 Å². The van der Waals surface area contributed by atoms with Crippen molar-refractivity contribution in [3.63, 3.8) is 0 Å². The van der Waals surface area contributed by atoms with Crippen molar-refractivity contribution in [3.8, 4) is 5.75 Å². The predicted octanol–water partition coefficient (Wildman–Crippen LogP) is 1.02. The van der Waals surface area contributed by atoms with Crippen LogP contribution in [-0.4, -0.2) is 99.8 Å². The lowest BCUT2D eigenvalue weighted by Crippen LogP contribution is -2.54. The molecule has 4 rings (SSSR count). The number of nitrogens with one attached hydrogen (secondary N) is 2. The summed E-state index contributed by atoms with van der Waals surface area (Å²) in [4.78, 5) is 61.5. The van der Waals surface area contributed by atoms with Crippen molar-refractivity contribution in [2.45, 2.75) is 58.7 Å². The highest BCUT2D eigenvalue weighted by molar-refractivity contribution is 6.23. The minimum atomic E-state index is -1.09. The van der Waals surface area contributed by atoms with E-state index in [2.05, 4.69) is 20.9 Å². The average Bonchev–Trinajstić information content (AvgIpc) is 3.48. The Morgan fingerprint density at radius 3 is 2.56 bits per heavy atom. The zero-order valence-electron chi connectivity index (χ0n) is 24.3. The van der Waals surface area contributed by atoms with Crippen molar-refractivity contribution < 1.29 is 43.3 Å². The van der Waals surface area contributed by atoms with Gasteiger partial charge in [0.15, 0.2) is 0 Å². The number of hydrogen-bond acceptors (Lipinski definition) is 10. The lowest BCUT2D eigenvalue weighted by atomic mass is 9.87. The number of carbonyl (C=O) groups is 5. The summed E-state index contributed by atoms with van der Waals surface area (Å²) < 4.78 is 18.7. The van der Waals surface area contributed by atoms with Crippen LogP contribution in [0.25, 0.3) is 0 Å². The molecule has 5 amide bonds. The minimum absolute atomic E-state index is 0.0519. The molecule has 43 heavy (non-hydrogen) atoms. The Morgan fingerprint density at radius 2 is 1.84 bits per heavy atom. The van der Waals surface area contributed by atoms with Crippen LogP contribution in [0.4, 0.5) is 4.79 Å². The number of nitrogens with zero attached hydrogens (tertiary/aromatic N) is 4. The van der Waals surface area contributed by atoms with Crippen molar-refractivity contribution in [1.29, 1.82) is 0 Å². The summed E-state index contributed by atoms with van der Waals surface area (Å²) in [5.41, 5.74) is 0.847. The first-order chi connectivity index (χ1) is 20.5. The van der Waals surface area contributed by atoms with Crippen LogP contribution < -0.4 is 15.4 Å². The number of piperidine rings is 1. The van der Waals surface area contributed by atoms with E-state index in [-0.39, 0.29) is 48.6 Å². The number of rotatable bonds is 14. The fourth-order valence-electron chi connectivity index (χ4n) is 4.70. The number of carboxylic acid groups (broad SMARTS) is 1. The molecule has 2 aliphatic rings. The molecule has 1 aromatic carbocycles. The van der Waals surface area contributed by atoms with Crippen LogP contribution in [0.3, 0.4) is 0 Å². The van der Waals surface area contributed by atoms with E-state index in [0.717, 1.165) is 10.6 Å². The third-order valence-corrected chi connectivity index (χ3v) is 7.18. The maximum atomic E-state index is 13.0. The Morgan fingerprint density at radius 1 is 1.09 bits per heavy atom. The molecule has 2 unspecified atom stereocenters. The molecule has 1 fully saturated rings. The van der Waals surface area contributed by atoms with E-state index < -0.39 is 35.8 Å². The molecule has 1 saturated heterocycles. The van der Waals surface area contributed by atoms with Gasteiger partial charge in [0.1, 0.15) is 11.8 Å². The van der Waals surface area contributed by atoms with Crippen LogP contribution in [0.1, 0.15) is 60.0 Å². The van der Waals surface area contributed by atoms with Crippen LogP contribution in [0.15, 0.2) is 24.4 Å². The molecule has 3 heterocycles. The first-order valence-electron chi connectivity index (χ1n) is 14.0. The summed E-state index contributed by atoms with van der Waals surface area (Å²) in [6.07, 6.45) is 1.14. The maximum Gasteiger partial charge on any atom is 0.404 e. The fourth-order valence-corrected chi connectivity index (χ4v) is 4.70. The van der Waals surface area contributed by atoms with Gasteiger partial charge in [0.05, 0.1) is 68.6 Å². The highest BCUT2D eigenvalue weighted by Crippen LogP contribution is 2.30. The van der Waals surface area contributed by atoms with Crippen molar-refractivity contribution in [2.24, 2.45) is 5.41 Å². The second-order valence-corrected chi connectivity index (χ2v) is 11.3. The number of imide groups is 2. The van der Waals surface area contributed by atoms with Gasteiger partial charge >= 0.3 is 6.09 Å². The molecular formula is C28H36N6O9. The van der Waals surface area contributed by atoms with Gasteiger partial charge in [0, 0.05) is 12.8 Å². The quantitative estimate of drug-likeness (QED) is 0.207. The Bertz CT molecular complexity index is 1370. The summed E-state index contributed by atoms with van der Waals surface area (Å²) in [6.45, 7) is 7.74. The Labute approximate surface area is 247 Å². The van der Waals surface area contributed by atoms with Gasteiger partial charge in [-0.1, -0.05) is 26.0 Å². The highest BCUT2D eigenvalue weighted by atomic mass is 16.5. The van der Waals surface area contributed by atoms with E-state index >= 15 is 0 Å². The van der Waals surface area contributed by atoms with Crippen molar-refractivity contribution in [2.75, 3.05) is 33.0 Å². The minimum Gasteiger partial charge on any atom is -0.493 e. The van der Waals surface area contributed by atoms with Gasteiger partial charge in [0.25, 0.3) is 11.8 Å². The Kier molecular flexibility index (Phi) is 10.1. The van der Waals surface area contributed by atoms with Crippen molar-refractivity contribution >= 4 is 29.7 Å². The summed E-state index contributed by atoms with van der Waals surface area (Å²) in [6, 6.07) is 3.19.